The molecule has 2 saturated heterocycles. The molecule has 37 heavy (non-hydrogen) atoms. The quantitative estimate of drug-likeness (QED) is 0.282. The highest BCUT2D eigenvalue weighted by Gasteiger charge is 2.37. The zero-order valence-corrected chi connectivity index (χ0v) is 22.5. The average molecular weight is 523 g/mol. The number of allylic oxidation sites excluding steroid dienone is 6. The lowest BCUT2D eigenvalue weighted by molar-refractivity contribution is 0.218. The number of likely N-dealkylation sites (N-methyl/N-ethyl adjacent to an activating group) is 1. The maximum atomic E-state index is 15.4. The highest BCUT2D eigenvalue weighted by atomic mass is 19.1. The van der Waals surface area contributed by atoms with Gasteiger partial charge in [-0.05, 0) is 90.6 Å². The molecule has 3 N–H and O–H groups in total. The van der Waals surface area contributed by atoms with Gasteiger partial charge in [0, 0.05) is 37.3 Å². The van der Waals surface area contributed by atoms with E-state index in [2.05, 4.69) is 5.32 Å². The Morgan fingerprint density at radius 1 is 1.19 bits per heavy atom. The summed E-state index contributed by atoms with van der Waals surface area (Å²) in [6.07, 6.45) is 13.4. The summed E-state index contributed by atoms with van der Waals surface area (Å²) < 4.78 is 58.1. The number of nitrogens with zero attached hydrogens (tertiary/aromatic N) is 2. The Balaban J connectivity index is 1.65. The second kappa shape index (κ2) is 13.1. The van der Waals surface area contributed by atoms with Gasteiger partial charge in [-0.25, -0.2) is 17.6 Å². The molecule has 0 bridgehead atoms. The van der Waals surface area contributed by atoms with E-state index in [-0.39, 0.29) is 29.9 Å². The molecular weight excluding hydrogens is 480 g/mol. The summed E-state index contributed by atoms with van der Waals surface area (Å²) in [5.74, 6) is -1.37. The van der Waals surface area contributed by atoms with Crippen LogP contribution in [-0.4, -0.2) is 60.6 Å². The topological polar surface area (TPSA) is 44.5 Å². The molecule has 2 unspecified atom stereocenters. The molecule has 3 atom stereocenters. The van der Waals surface area contributed by atoms with Gasteiger partial charge in [-0.15, -0.1) is 0 Å². The standard InChI is InChI=1S/C29H42F4N4/c1-5-22(31)9-6-8-21-11-15-37(16-12-21)28(20(2)30)24(32)13-17-36-14-7-10-26(36)23-19-29(3,35-4)27(34)18-25(23)33/h5-6,9,13,18-19,21,26-27,35H,7-8,10-12,14-17,34H2,1-4H3/b9-6-,22-5+,24-13+,28-20-/t26-,27?,29?/m1/s1. The van der Waals surface area contributed by atoms with Gasteiger partial charge in [-0.3, -0.25) is 4.90 Å². The van der Waals surface area contributed by atoms with Crippen LogP contribution in [-0.2, 0) is 0 Å². The van der Waals surface area contributed by atoms with Gasteiger partial charge in [-0.2, -0.15) is 0 Å². The molecule has 206 valence electrons. The van der Waals surface area contributed by atoms with E-state index in [1.54, 1.807) is 18.9 Å². The van der Waals surface area contributed by atoms with Crippen LogP contribution in [0, 0.1) is 5.92 Å². The second-order valence-corrected chi connectivity index (χ2v) is 10.5. The predicted molar refractivity (Wildman–Crippen MR) is 143 cm³/mol. The smallest absolute Gasteiger partial charge is 0.146 e. The van der Waals surface area contributed by atoms with E-state index in [1.165, 1.54) is 31.2 Å². The fraction of sp³-hybridized carbons (Fsp3) is 0.586. The van der Waals surface area contributed by atoms with Gasteiger partial charge in [-0.1, -0.05) is 18.2 Å². The summed E-state index contributed by atoms with van der Waals surface area (Å²) in [6.45, 7) is 6.92. The van der Waals surface area contributed by atoms with Crippen LogP contribution >= 0.6 is 0 Å². The number of likely N-dealkylation sites (tertiary alicyclic amines) is 2. The first-order chi connectivity index (χ1) is 17.6. The van der Waals surface area contributed by atoms with E-state index in [0.29, 0.717) is 31.1 Å². The molecule has 0 aromatic rings. The lowest BCUT2D eigenvalue weighted by Gasteiger charge is -2.37. The highest BCUT2D eigenvalue weighted by Crippen LogP contribution is 2.35. The minimum Gasteiger partial charge on any atom is -0.367 e. The number of halogens is 4. The van der Waals surface area contributed by atoms with Gasteiger partial charge in [0.2, 0.25) is 0 Å². The van der Waals surface area contributed by atoms with Crippen molar-refractivity contribution in [3.8, 4) is 0 Å². The van der Waals surface area contributed by atoms with Crippen LogP contribution < -0.4 is 11.1 Å². The van der Waals surface area contributed by atoms with Crippen molar-refractivity contribution in [1.82, 2.24) is 15.1 Å². The Bertz CT molecular complexity index is 984. The number of nitrogens with one attached hydrogen (secondary N) is 1. The summed E-state index contributed by atoms with van der Waals surface area (Å²) in [7, 11) is 1.80. The van der Waals surface area contributed by atoms with Crippen molar-refractivity contribution in [2.45, 2.75) is 70.5 Å². The van der Waals surface area contributed by atoms with E-state index >= 15 is 4.39 Å². The van der Waals surface area contributed by atoms with Gasteiger partial charge in [0.1, 0.15) is 29.0 Å². The number of nitrogens with two attached hydrogens (primary N) is 1. The van der Waals surface area contributed by atoms with Crippen LogP contribution in [0.15, 0.2) is 71.0 Å². The molecule has 0 spiro atoms. The molecule has 2 aliphatic heterocycles. The molecule has 0 aromatic heterocycles. The first-order valence-corrected chi connectivity index (χ1v) is 13.3. The number of hydrogen-bond acceptors (Lipinski definition) is 4. The molecule has 2 heterocycles. The summed E-state index contributed by atoms with van der Waals surface area (Å²) in [6, 6.07) is -0.668. The number of piperidine rings is 1. The van der Waals surface area contributed by atoms with Crippen LogP contribution in [0.3, 0.4) is 0 Å². The Morgan fingerprint density at radius 2 is 1.89 bits per heavy atom. The third kappa shape index (κ3) is 7.24. The lowest BCUT2D eigenvalue weighted by Crippen LogP contribution is -2.54. The van der Waals surface area contributed by atoms with Crippen LogP contribution in [0.4, 0.5) is 17.6 Å². The maximum absolute atomic E-state index is 15.4. The number of rotatable bonds is 9. The first-order valence-electron chi connectivity index (χ1n) is 13.3. The Kier molecular flexibility index (Phi) is 10.4. The molecule has 0 saturated carbocycles. The van der Waals surface area contributed by atoms with Crippen LogP contribution in [0.5, 0.6) is 0 Å². The highest BCUT2D eigenvalue weighted by molar-refractivity contribution is 5.41. The van der Waals surface area contributed by atoms with Crippen molar-refractivity contribution in [1.29, 1.82) is 0 Å². The largest absolute Gasteiger partial charge is 0.367 e. The molecule has 3 aliphatic rings. The van der Waals surface area contributed by atoms with Gasteiger partial charge in [0.25, 0.3) is 0 Å². The maximum Gasteiger partial charge on any atom is 0.146 e. The SMILES string of the molecule is C/C=C(F)\C=C/CC1CCN(C(=C(/C)F)/C(F)=C\CN2CCC[C@@H]2C2=CC(C)(NC)C(N)C=C2F)CC1. The molecule has 3 rings (SSSR count). The normalized spacial score (nSPS) is 29.6. The lowest BCUT2D eigenvalue weighted by atomic mass is 9.83. The van der Waals surface area contributed by atoms with Crippen molar-refractivity contribution in [2.24, 2.45) is 11.7 Å². The van der Waals surface area contributed by atoms with Gasteiger partial charge < -0.3 is 16.0 Å². The van der Waals surface area contributed by atoms with Crippen molar-refractivity contribution in [2.75, 3.05) is 33.2 Å². The summed E-state index contributed by atoms with van der Waals surface area (Å²) in [4.78, 5) is 3.81. The summed E-state index contributed by atoms with van der Waals surface area (Å²) in [5.41, 5.74) is 6.14. The molecular formula is C29H42F4N4. The molecule has 8 heteroatoms. The summed E-state index contributed by atoms with van der Waals surface area (Å²) >= 11 is 0. The van der Waals surface area contributed by atoms with E-state index in [0.717, 1.165) is 32.1 Å². The fourth-order valence-corrected chi connectivity index (χ4v) is 5.50. The van der Waals surface area contributed by atoms with Crippen molar-refractivity contribution < 1.29 is 17.6 Å². The van der Waals surface area contributed by atoms with E-state index in [9.17, 15) is 13.2 Å². The second-order valence-electron chi connectivity index (χ2n) is 10.5. The average Bonchev–Trinajstić information content (AvgIpc) is 3.34. The minimum atomic E-state index is -0.588. The fourth-order valence-electron chi connectivity index (χ4n) is 5.50. The van der Waals surface area contributed by atoms with E-state index < -0.39 is 23.2 Å². The number of hydrogen-bond donors (Lipinski definition) is 2. The van der Waals surface area contributed by atoms with Crippen LogP contribution in [0.25, 0.3) is 0 Å². The van der Waals surface area contributed by atoms with Crippen molar-refractivity contribution >= 4 is 0 Å². The Morgan fingerprint density at radius 3 is 2.51 bits per heavy atom. The van der Waals surface area contributed by atoms with Crippen LogP contribution in [0.1, 0.15) is 52.9 Å². The zero-order chi connectivity index (χ0) is 27.2. The first kappa shape index (κ1) is 29.4. The third-order valence-electron chi connectivity index (χ3n) is 8.02. The van der Waals surface area contributed by atoms with Gasteiger partial charge >= 0.3 is 0 Å². The third-order valence-corrected chi connectivity index (χ3v) is 8.02. The van der Waals surface area contributed by atoms with Gasteiger partial charge in [0.15, 0.2) is 0 Å². The van der Waals surface area contributed by atoms with E-state index in [1.807, 2.05) is 24.0 Å². The van der Waals surface area contributed by atoms with Crippen molar-refractivity contribution in [3.63, 3.8) is 0 Å². The monoisotopic (exact) mass is 522 g/mol. The van der Waals surface area contributed by atoms with Gasteiger partial charge in [0.05, 0.1) is 5.54 Å². The van der Waals surface area contributed by atoms with Crippen LogP contribution in [0.2, 0.25) is 0 Å². The van der Waals surface area contributed by atoms with Crippen molar-refractivity contribution in [3.05, 3.63) is 71.0 Å². The molecule has 4 nitrogen and oxygen atoms in total. The molecule has 1 aliphatic carbocycles. The minimum absolute atomic E-state index is 0.00129. The molecule has 2 fully saturated rings. The molecule has 0 aromatic carbocycles. The Labute approximate surface area is 219 Å². The Hall–Kier alpha value is -2.16. The molecule has 0 radical (unpaired) electrons. The molecule has 0 amide bonds. The predicted octanol–water partition coefficient (Wildman–Crippen LogP) is 6.14. The zero-order valence-electron chi connectivity index (χ0n) is 22.5. The summed E-state index contributed by atoms with van der Waals surface area (Å²) in [5, 5.41) is 3.18. The van der Waals surface area contributed by atoms with E-state index in [4.69, 9.17) is 5.73 Å².